The van der Waals surface area contributed by atoms with Gasteiger partial charge < -0.3 is 15.8 Å². The number of rotatable bonds is 3. The number of carbonyl (C=O) groups is 1. The van der Waals surface area contributed by atoms with Crippen LogP contribution in [0.25, 0.3) is 0 Å². The molecule has 1 saturated heterocycles. The first kappa shape index (κ1) is 24.7. The van der Waals surface area contributed by atoms with Crippen LogP contribution in [0.3, 0.4) is 0 Å². The van der Waals surface area contributed by atoms with E-state index in [4.69, 9.17) is 27.1 Å². The van der Waals surface area contributed by atoms with Gasteiger partial charge in [0.15, 0.2) is 5.17 Å². The van der Waals surface area contributed by atoms with Crippen molar-refractivity contribution in [2.24, 2.45) is 16.6 Å². The van der Waals surface area contributed by atoms with Gasteiger partial charge in [0.2, 0.25) is 0 Å². The van der Waals surface area contributed by atoms with Crippen molar-refractivity contribution in [2.75, 3.05) is 24.3 Å². The molecule has 0 saturated carbocycles. The van der Waals surface area contributed by atoms with Crippen LogP contribution in [-0.4, -0.2) is 35.0 Å². The van der Waals surface area contributed by atoms with Crippen LogP contribution in [0.15, 0.2) is 41.5 Å². The molecule has 0 unspecified atom stereocenters. The number of aromatic nitrogens is 1. The summed E-state index contributed by atoms with van der Waals surface area (Å²) in [5, 5.41) is 3.52. The lowest BCUT2D eigenvalue weighted by Gasteiger charge is -2.44. The number of benzene rings is 1. The number of nitrogens with zero attached hydrogens (tertiary/aromatic N) is 2. The molecule has 2 atom stereocenters. The van der Waals surface area contributed by atoms with Gasteiger partial charge in [-0.2, -0.15) is 0 Å². The highest BCUT2D eigenvalue weighted by molar-refractivity contribution is 8.13. The molecule has 2 aromatic rings. The maximum atomic E-state index is 14.4. The van der Waals surface area contributed by atoms with Crippen molar-refractivity contribution in [2.45, 2.75) is 12.0 Å². The molecule has 2 aliphatic heterocycles. The topological polar surface area (TPSA) is 89.6 Å². The quantitative estimate of drug-likeness (QED) is 0.667. The number of aliphatic imine (C=N–C) groups is 1. The first-order chi connectivity index (χ1) is 13.5. The number of hydrogen-bond acceptors (Lipinski definition) is 6. The summed E-state index contributed by atoms with van der Waals surface area (Å²) in [6, 6.07) is 7.72. The van der Waals surface area contributed by atoms with E-state index in [9.17, 15) is 9.18 Å². The lowest BCUT2D eigenvalue weighted by molar-refractivity contribution is 0.0101. The third-order valence-corrected chi connectivity index (χ3v) is 6.22. The highest BCUT2D eigenvalue weighted by Crippen LogP contribution is 2.45. The second-order valence-corrected chi connectivity index (χ2v) is 8.19. The highest BCUT2D eigenvalue weighted by Gasteiger charge is 2.45. The van der Waals surface area contributed by atoms with Crippen molar-refractivity contribution in [1.29, 1.82) is 0 Å². The zero-order chi connectivity index (χ0) is 19.7. The summed E-state index contributed by atoms with van der Waals surface area (Å²) in [4.78, 5) is 21.1. The molecule has 0 spiro atoms. The second kappa shape index (κ2) is 10.2. The van der Waals surface area contributed by atoms with Gasteiger partial charge in [-0.15, -0.1) is 24.8 Å². The van der Waals surface area contributed by atoms with Gasteiger partial charge in [-0.25, -0.2) is 9.37 Å². The number of carbonyl (C=O) groups excluding carboxylic acids is 1. The van der Waals surface area contributed by atoms with Gasteiger partial charge in [0, 0.05) is 30.9 Å². The molecule has 0 radical (unpaired) electrons. The number of thioether (sulfide) groups is 1. The standard InChI is InChI=1S/C19H18ClFN4O2S.2ClH/c20-13-2-4-15(23-8-13)17(26)24-16-7-11(1-3-14(16)21)19-5-6-27-9-12(19)10-28-18(22)25-19;;/h1-4,7-8,12H,5-6,9-10H2,(H2,22,25)(H,24,26);2*1H/t12-,19+;;/m0../s1. The van der Waals surface area contributed by atoms with E-state index in [1.54, 1.807) is 18.2 Å². The Morgan fingerprint density at radius 2 is 2.13 bits per heavy atom. The fourth-order valence-electron chi connectivity index (χ4n) is 3.57. The number of nitrogens with two attached hydrogens (primary N) is 1. The number of nitrogens with one attached hydrogen (secondary N) is 1. The number of anilines is 1. The van der Waals surface area contributed by atoms with Gasteiger partial charge >= 0.3 is 0 Å². The molecular formula is C19H20Cl3FN4O2S. The molecule has 4 rings (SSSR count). The largest absolute Gasteiger partial charge is 0.381 e. The van der Waals surface area contributed by atoms with E-state index in [-0.39, 0.29) is 42.1 Å². The number of ether oxygens (including phenoxy) is 1. The molecule has 11 heteroatoms. The lowest BCUT2D eigenvalue weighted by Crippen LogP contribution is -2.46. The Bertz CT molecular complexity index is 948. The SMILES string of the molecule is Cl.Cl.NC1=N[C@@]2(c3ccc(F)c(NC(=O)c4ccc(Cl)cn4)c3)CCOC[C@H]2CS1. The van der Waals surface area contributed by atoms with E-state index >= 15 is 0 Å². The number of fused-ring (bicyclic) bond motifs is 1. The molecule has 30 heavy (non-hydrogen) atoms. The van der Waals surface area contributed by atoms with Crippen molar-refractivity contribution in [1.82, 2.24) is 4.98 Å². The minimum Gasteiger partial charge on any atom is -0.381 e. The summed E-state index contributed by atoms with van der Waals surface area (Å²) in [6.45, 7) is 1.11. The maximum Gasteiger partial charge on any atom is 0.274 e. The van der Waals surface area contributed by atoms with E-state index < -0.39 is 17.3 Å². The van der Waals surface area contributed by atoms with Crippen molar-refractivity contribution in [3.05, 3.63) is 58.6 Å². The molecule has 0 bridgehead atoms. The lowest BCUT2D eigenvalue weighted by atomic mass is 9.75. The van der Waals surface area contributed by atoms with Gasteiger partial charge in [0.05, 0.1) is 22.9 Å². The van der Waals surface area contributed by atoms with E-state index in [1.807, 2.05) is 0 Å². The summed E-state index contributed by atoms with van der Waals surface area (Å²) in [5.74, 6) is -0.141. The maximum absolute atomic E-state index is 14.4. The number of pyridine rings is 1. The zero-order valence-electron chi connectivity index (χ0n) is 15.6. The Labute approximate surface area is 195 Å². The third kappa shape index (κ3) is 4.84. The summed E-state index contributed by atoms with van der Waals surface area (Å²) < 4.78 is 20.1. The van der Waals surface area contributed by atoms with Crippen LogP contribution in [0.5, 0.6) is 0 Å². The number of hydrogen-bond donors (Lipinski definition) is 2. The zero-order valence-corrected chi connectivity index (χ0v) is 18.8. The van der Waals surface area contributed by atoms with Crippen molar-refractivity contribution >= 4 is 64.9 Å². The minimum atomic E-state index is -0.570. The van der Waals surface area contributed by atoms with Crippen LogP contribution in [0.4, 0.5) is 10.1 Å². The Hall–Kier alpha value is -1.58. The highest BCUT2D eigenvalue weighted by atomic mass is 35.5. The van der Waals surface area contributed by atoms with E-state index in [0.717, 1.165) is 11.3 Å². The predicted octanol–water partition coefficient (Wildman–Crippen LogP) is 4.26. The normalized spacial score (nSPS) is 22.6. The Morgan fingerprint density at radius 3 is 2.87 bits per heavy atom. The molecule has 1 amide bonds. The number of amidine groups is 1. The Balaban J connectivity index is 0.00000160. The molecule has 1 aromatic carbocycles. The van der Waals surface area contributed by atoms with Crippen LogP contribution in [-0.2, 0) is 10.3 Å². The molecule has 3 N–H and O–H groups in total. The van der Waals surface area contributed by atoms with E-state index in [2.05, 4.69) is 10.3 Å². The van der Waals surface area contributed by atoms with Gasteiger partial charge in [-0.3, -0.25) is 9.79 Å². The van der Waals surface area contributed by atoms with Gasteiger partial charge in [0.1, 0.15) is 11.5 Å². The van der Waals surface area contributed by atoms with Crippen molar-refractivity contribution in [3.63, 3.8) is 0 Å². The second-order valence-electron chi connectivity index (χ2n) is 6.72. The number of amides is 1. The fourth-order valence-corrected chi connectivity index (χ4v) is 4.66. The Kier molecular flexibility index (Phi) is 8.35. The number of halogens is 4. The molecule has 162 valence electrons. The van der Waals surface area contributed by atoms with E-state index in [0.29, 0.717) is 29.8 Å². The van der Waals surface area contributed by atoms with Gasteiger partial charge in [0.25, 0.3) is 5.91 Å². The van der Waals surface area contributed by atoms with Crippen LogP contribution >= 0.6 is 48.2 Å². The molecule has 1 fully saturated rings. The first-order valence-electron chi connectivity index (χ1n) is 8.77. The summed E-state index contributed by atoms with van der Waals surface area (Å²) >= 11 is 7.29. The first-order valence-corrected chi connectivity index (χ1v) is 10.1. The predicted molar refractivity (Wildman–Crippen MR) is 123 cm³/mol. The van der Waals surface area contributed by atoms with Crippen molar-refractivity contribution in [3.8, 4) is 0 Å². The molecule has 3 heterocycles. The summed E-state index contributed by atoms with van der Waals surface area (Å²) in [6.07, 6.45) is 2.02. The fraction of sp³-hybridized carbons (Fsp3) is 0.316. The van der Waals surface area contributed by atoms with Gasteiger partial charge in [-0.05, 0) is 29.8 Å². The average Bonchev–Trinajstić information content (AvgIpc) is 2.69. The molecule has 6 nitrogen and oxygen atoms in total. The smallest absolute Gasteiger partial charge is 0.274 e. The monoisotopic (exact) mass is 492 g/mol. The summed E-state index contributed by atoms with van der Waals surface area (Å²) in [5.41, 5.74) is 6.47. The van der Waals surface area contributed by atoms with Crippen LogP contribution in [0.1, 0.15) is 22.5 Å². The summed E-state index contributed by atoms with van der Waals surface area (Å²) in [7, 11) is 0. The van der Waals surface area contributed by atoms with Gasteiger partial charge in [-0.1, -0.05) is 29.4 Å². The Morgan fingerprint density at radius 1 is 1.33 bits per heavy atom. The molecule has 0 aliphatic carbocycles. The molecule has 2 aliphatic rings. The molecular weight excluding hydrogens is 474 g/mol. The van der Waals surface area contributed by atoms with Crippen LogP contribution < -0.4 is 11.1 Å². The average molecular weight is 494 g/mol. The van der Waals surface area contributed by atoms with E-state index in [1.165, 1.54) is 30.1 Å². The minimum absolute atomic E-state index is 0. The molecule has 1 aromatic heterocycles. The third-order valence-electron chi connectivity index (χ3n) is 5.04. The van der Waals surface area contributed by atoms with Crippen LogP contribution in [0.2, 0.25) is 5.02 Å². The van der Waals surface area contributed by atoms with Crippen LogP contribution in [0, 0.1) is 11.7 Å². The van der Waals surface area contributed by atoms with Crippen molar-refractivity contribution < 1.29 is 13.9 Å².